The van der Waals surface area contributed by atoms with Crippen molar-refractivity contribution in [2.24, 2.45) is 0 Å². The van der Waals surface area contributed by atoms with Gasteiger partial charge in [0.1, 0.15) is 5.75 Å². The molecule has 0 radical (unpaired) electrons. The number of carboxylic acid groups (broad SMARTS) is 1. The largest absolute Gasteiger partial charge is 0.496 e. The maximum atomic E-state index is 12.7. The number of carbonyl (C=O) groups is 1. The van der Waals surface area contributed by atoms with Gasteiger partial charge in [-0.05, 0) is 35.9 Å². The van der Waals surface area contributed by atoms with Crippen molar-refractivity contribution in [2.45, 2.75) is 6.18 Å². The van der Waals surface area contributed by atoms with E-state index in [9.17, 15) is 18.0 Å². The van der Waals surface area contributed by atoms with E-state index in [0.29, 0.717) is 11.3 Å². The maximum absolute atomic E-state index is 12.7. The summed E-state index contributed by atoms with van der Waals surface area (Å²) in [5, 5.41) is 8.98. The number of benzene rings is 2. The first-order valence-electron chi connectivity index (χ1n) is 5.92. The van der Waals surface area contributed by atoms with Crippen LogP contribution in [0.15, 0.2) is 42.5 Å². The Kier molecular flexibility index (Phi) is 3.88. The van der Waals surface area contributed by atoms with E-state index in [1.807, 2.05) is 0 Å². The Balaban J connectivity index is 2.60. The lowest BCUT2D eigenvalue weighted by Crippen LogP contribution is -2.04. The summed E-state index contributed by atoms with van der Waals surface area (Å²) in [6.07, 6.45) is -4.46. The first-order chi connectivity index (χ1) is 9.82. The van der Waals surface area contributed by atoms with Gasteiger partial charge in [0, 0.05) is 5.56 Å². The van der Waals surface area contributed by atoms with Gasteiger partial charge in [0.25, 0.3) is 0 Å². The van der Waals surface area contributed by atoms with E-state index < -0.39 is 17.7 Å². The molecule has 0 aliphatic carbocycles. The highest BCUT2D eigenvalue weighted by molar-refractivity contribution is 5.90. The first-order valence-corrected chi connectivity index (χ1v) is 5.92. The third kappa shape index (κ3) is 3.16. The fourth-order valence-corrected chi connectivity index (χ4v) is 1.93. The molecule has 2 aromatic carbocycles. The number of halogens is 3. The fraction of sp³-hybridized carbons (Fsp3) is 0.133. The molecule has 0 spiro atoms. The molecule has 0 saturated heterocycles. The smallest absolute Gasteiger partial charge is 0.416 e. The van der Waals surface area contributed by atoms with Crippen molar-refractivity contribution in [3.05, 3.63) is 53.6 Å². The summed E-state index contributed by atoms with van der Waals surface area (Å²) in [6.45, 7) is 0. The van der Waals surface area contributed by atoms with Crippen molar-refractivity contribution in [2.75, 3.05) is 7.11 Å². The van der Waals surface area contributed by atoms with Crippen LogP contribution >= 0.6 is 0 Å². The highest BCUT2D eigenvalue weighted by Gasteiger charge is 2.30. The molecule has 2 rings (SSSR count). The topological polar surface area (TPSA) is 46.5 Å². The molecule has 0 saturated carbocycles. The number of hydrogen-bond acceptors (Lipinski definition) is 2. The van der Waals surface area contributed by atoms with Gasteiger partial charge < -0.3 is 9.84 Å². The van der Waals surface area contributed by atoms with Crippen LogP contribution in [-0.4, -0.2) is 18.2 Å². The third-order valence-corrected chi connectivity index (χ3v) is 2.95. The molecule has 0 aliphatic heterocycles. The predicted molar refractivity (Wildman–Crippen MR) is 70.4 cm³/mol. The number of methoxy groups -OCH3 is 1. The van der Waals surface area contributed by atoms with E-state index in [4.69, 9.17) is 9.84 Å². The number of rotatable bonds is 3. The molecule has 21 heavy (non-hydrogen) atoms. The SMILES string of the molecule is COc1ccc(C(=O)O)cc1-c1cccc(C(F)(F)F)c1. The zero-order valence-corrected chi connectivity index (χ0v) is 10.9. The molecule has 110 valence electrons. The second kappa shape index (κ2) is 5.47. The Morgan fingerprint density at radius 1 is 1.14 bits per heavy atom. The monoisotopic (exact) mass is 296 g/mol. The number of carboxylic acids is 1. The standard InChI is InChI=1S/C15H11F3O3/c1-21-13-6-5-10(14(19)20)8-12(13)9-3-2-4-11(7-9)15(16,17)18/h2-8H,1H3,(H,19,20). The van der Waals surface area contributed by atoms with Gasteiger partial charge >= 0.3 is 12.1 Å². The van der Waals surface area contributed by atoms with Crippen LogP contribution in [0.2, 0.25) is 0 Å². The molecule has 0 atom stereocenters. The third-order valence-electron chi connectivity index (χ3n) is 2.95. The number of aromatic carboxylic acids is 1. The predicted octanol–water partition coefficient (Wildman–Crippen LogP) is 4.08. The number of alkyl halides is 3. The molecule has 0 unspecified atom stereocenters. The van der Waals surface area contributed by atoms with Crippen molar-refractivity contribution < 1.29 is 27.8 Å². The van der Waals surface area contributed by atoms with Crippen molar-refractivity contribution in [1.29, 1.82) is 0 Å². The van der Waals surface area contributed by atoms with Gasteiger partial charge in [-0.15, -0.1) is 0 Å². The van der Waals surface area contributed by atoms with Crippen molar-refractivity contribution in [3.8, 4) is 16.9 Å². The molecule has 2 aromatic rings. The second-order valence-electron chi connectivity index (χ2n) is 4.30. The van der Waals surface area contributed by atoms with Crippen LogP contribution in [0.3, 0.4) is 0 Å². The van der Waals surface area contributed by atoms with Crippen molar-refractivity contribution in [3.63, 3.8) is 0 Å². The summed E-state index contributed by atoms with van der Waals surface area (Å²) in [6, 6.07) is 8.69. The van der Waals surface area contributed by atoms with Crippen LogP contribution in [0.5, 0.6) is 5.75 Å². The minimum absolute atomic E-state index is 0.0248. The quantitative estimate of drug-likeness (QED) is 0.928. The molecule has 0 heterocycles. The molecule has 3 nitrogen and oxygen atoms in total. The van der Waals surface area contributed by atoms with Gasteiger partial charge in [0.05, 0.1) is 18.2 Å². The minimum atomic E-state index is -4.46. The normalized spacial score (nSPS) is 11.2. The Morgan fingerprint density at radius 3 is 2.43 bits per heavy atom. The molecule has 0 aromatic heterocycles. The Morgan fingerprint density at radius 2 is 1.86 bits per heavy atom. The molecular weight excluding hydrogens is 285 g/mol. The second-order valence-corrected chi connectivity index (χ2v) is 4.30. The summed E-state index contributed by atoms with van der Waals surface area (Å²) in [5.74, 6) is -0.856. The van der Waals surface area contributed by atoms with Gasteiger partial charge in [0.2, 0.25) is 0 Å². The lowest BCUT2D eigenvalue weighted by molar-refractivity contribution is -0.137. The highest BCUT2D eigenvalue weighted by Crippen LogP contribution is 2.35. The lowest BCUT2D eigenvalue weighted by atomic mass is 10.00. The van der Waals surface area contributed by atoms with E-state index in [1.165, 1.54) is 37.4 Å². The molecule has 0 aliphatic rings. The van der Waals surface area contributed by atoms with Gasteiger partial charge in [-0.1, -0.05) is 12.1 Å². The van der Waals surface area contributed by atoms with Crippen LogP contribution in [0.25, 0.3) is 11.1 Å². The van der Waals surface area contributed by atoms with Crippen LogP contribution in [-0.2, 0) is 6.18 Å². The average molecular weight is 296 g/mol. The summed E-state index contributed by atoms with van der Waals surface area (Å²) >= 11 is 0. The summed E-state index contributed by atoms with van der Waals surface area (Å²) in [7, 11) is 1.37. The molecular formula is C15H11F3O3. The van der Waals surface area contributed by atoms with Crippen molar-refractivity contribution in [1.82, 2.24) is 0 Å². The summed E-state index contributed by atoms with van der Waals surface area (Å²) < 4.78 is 43.3. The van der Waals surface area contributed by atoms with E-state index in [0.717, 1.165) is 12.1 Å². The molecule has 0 bridgehead atoms. The Hall–Kier alpha value is -2.50. The zero-order chi connectivity index (χ0) is 15.6. The lowest BCUT2D eigenvalue weighted by Gasteiger charge is -2.12. The first kappa shape index (κ1) is 14.9. The summed E-state index contributed by atoms with van der Waals surface area (Å²) in [5.41, 5.74) is -0.292. The van der Waals surface area contributed by atoms with E-state index in [2.05, 4.69) is 0 Å². The van der Waals surface area contributed by atoms with Gasteiger partial charge in [0.15, 0.2) is 0 Å². The zero-order valence-electron chi connectivity index (χ0n) is 10.9. The Labute approximate surface area is 118 Å². The molecule has 1 N–H and O–H groups in total. The fourth-order valence-electron chi connectivity index (χ4n) is 1.93. The maximum Gasteiger partial charge on any atom is 0.416 e. The van der Waals surface area contributed by atoms with E-state index in [1.54, 1.807) is 0 Å². The Bertz CT molecular complexity index is 678. The molecule has 0 fully saturated rings. The van der Waals surface area contributed by atoms with Crippen LogP contribution in [0.4, 0.5) is 13.2 Å². The van der Waals surface area contributed by atoms with Gasteiger partial charge in [-0.2, -0.15) is 13.2 Å². The van der Waals surface area contributed by atoms with E-state index >= 15 is 0 Å². The van der Waals surface area contributed by atoms with Crippen molar-refractivity contribution >= 4 is 5.97 Å². The van der Waals surface area contributed by atoms with Crippen LogP contribution in [0.1, 0.15) is 15.9 Å². The van der Waals surface area contributed by atoms with Crippen LogP contribution < -0.4 is 4.74 Å². The van der Waals surface area contributed by atoms with Gasteiger partial charge in [-0.3, -0.25) is 0 Å². The van der Waals surface area contributed by atoms with Gasteiger partial charge in [-0.25, -0.2) is 4.79 Å². The number of ether oxygens (including phenoxy) is 1. The van der Waals surface area contributed by atoms with E-state index in [-0.39, 0.29) is 11.1 Å². The number of hydrogen-bond donors (Lipinski definition) is 1. The molecule has 0 amide bonds. The average Bonchev–Trinajstić information content (AvgIpc) is 2.45. The van der Waals surface area contributed by atoms with Crippen LogP contribution in [0, 0.1) is 0 Å². The minimum Gasteiger partial charge on any atom is -0.496 e. The highest BCUT2D eigenvalue weighted by atomic mass is 19.4. The molecule has 6 heteroatoms. The summed E-state index contributed by atoms with van der Waals surface area (Å²) in [4.78, 5) is 11.0.